The van der Waals surface area contributed by atoms with Crippen LogP contribution in [0, 0.1) is 0 Å². The van der Waals surface area contributed by atoms with Crippen LogP contribution in [0.25, 0.3) is 0 Å². The zero-order valence-electron chi connectivity index (χ0n) is 18.9. The molecule has 2 aromatic carbocycles. The van der Waals surface area contributed by atoms with Crippen LogP contribution in [0.4, 0.5) is 26.3 Å². The standard InChI is InChI=1S/C23H22ClF6N3OS/c1-13(2)31-20(35)33(3)12-14-4-6-15(7-5-14)19-11-21(34-32-19,23(28,29)30)16-8-17(22(25,26)27)10-18(24)9-16/h4-10,13H,11-12H2,1-3H3,(H,31,35). The first kappa shape index (κ1) is 27.1. The monoisotopic (exact) mass is 537 g/mol. The van der Waals surface area contributed by atoms with Crippen molar-refractivity contribution in [2.45, 2.75) is 50.8 Å². The Morgan fingerprint density at radius 2 is 1.77 bits per heavy atom. The number of halogens is 7. The molecule has 0 spiro atoms. The first-order chi connectivity index (χ1) is 16.1. The molecule has 0 radical (unpaired) electrons. The molecule has 2 aromatic rings. The fourth-order valence-electron chi connectivity index (χ4n) is 3.55. The van der Waals surface area contributed by atoms with Crippen molar-refractivity contribution in [3.05, 3.63) is 69.7 Å². The predicted octanol–water partition coefficient (Wildman–Crippen LogP) is 6.66. The lowest BCUT2D eigenvalue weighted by molar-refractivity contribution is -0.276. The summed E-state index contributed by atoms with van der Waals surface area (Å²) < 4.78 is 82.2. The van der Waals surface area contributed by atoms with Crippen molar-refractivity contribution in [3.63, 3.8) is 0 Å². The van der Waals surface area contributed by atoms with E-state index in [0.29, 0.717) is 29.4 Å². The van der Waals surface area contributed by atoms with Gasteiger partial charge in [0.25, 0.3) is 5.60 Å². The molecule has 1 aliphatic heterocycles. The number of nitrogens with zero attached hydrogens (tertiary/aromatic N) is 2. The van der Waals surface area contributed by atoms with Gasteiger partial charge in [-0.3, -0.25) is 0 Å². The van der Waals surface area contributed by atoms with Gasteiger partial charge in [-0.2, -0.15) is 26.3 Å². The number of hydrogen-bond acceptors (Lipinski definition) is 3. The summed E-state index contributed by atoms with van der Waals surface area (Å²) >= 11 is 11.0. The molecule has 35 heavy (non-hydrogen) atoms. The van der Waals surface area contributed by atoms with E-state index in [1.807, 2.05) is 18.7 Å². The molecular weight excluding hydrogens is 516 g/mol. The van der Waals surface area contributed by atoms with Gasteiger partial charge < -0.3 is 15.1 Å². The SMILES string of the molecule is CC(C)NC(=S)N(C)Cc1ccc(C2=NOC(c3cc(Cl)cc(C(F)(F)F)c3)(C(F)(F)F)C2)cc1. The van der Waals surface area contributed by atoms with Crippen molar-refractivity contribution in [1.29, 1.82) is 0 Å². The molecule has 3 rings (SSSR count). The Balaban J connectivity index is 1.85. The highest BCUT2D eigenvalue weighted by Gasteiger charge is 2.62. The molecule has 190 valence electrons. The number of hydrogen-bond donors (Lipinski definition) is 1. The van der Waals surface area contributed by atoms with Gasteiger partial charge in [0.2, 0.25) is 0 Å². The third-order valence-electron chi connectivity index (χ3n) is 5.34. The summed E-state index contributed by atoms with van der Waals surface area (Å²) in [6.45, 7) is 4.36. The second-order valence-electron chi connectivity index (χ2n) is 8.51. The van der Waals surface area contributed by atoms with Crippen LogP contribution in [0.2, 0.25) is 5.02 Å². The van der Waals surface area contributed by atoms with Gasteiger partial charge in [0.05, 0.1) is 11.3 Å². The molecule has 1 heterocycles. The minimum absolute atomic E-state index is 0.0484. The molecule has 12 heteroatoms. The zero-order chi connectivity index (χ0) is 26.2. The Hall–Kier alpha value is -2.53. The highest BCUT2D eigenvalue weighted by molar-refractivity contribution is 7.80. The molecule has 0 amide bonds. The molecule has 1 atom stereocenters. The van der Waals surface area contributed by atoms with Gasteiger partial charge in [-0.25, -0.2) is 0 Å². The number of thiocarbonyl (C=S) groups is 1. The Morgan fingerprint density at radius 3 is 2.31 bits per heavy atom. The van der Waals surface area contributed by atoms with Crippen LogP contribution in [-0.2, 0) is 23.2 Å². The van der Waals surface area contributed by atoms with Crippen LogP contribution in [0.5, 0.6) is 0 Å². The third-order valence-corrected chi connectivity index (χ3v) is 5.99. The number of rotatable bonds is 5. The summed E-state index contributed by atoms with van der Waals surface area (Å²) in [5, 5.41) is 6.77. The van der Waals surface area contributed by atoms with Gasteiger partial charge in [-0.15, -0.1) is 0 Å². The number of oxime groups is 1. The topological polar surface area (TPSA) is 36.9 Å². The normalized spacial score (nSPS) is 18.3. The van der Waals surface area contributed by atoms with Crippen LogP contribution in [0.15, 0.2) is 47.6 Å². The van der Waals surface area contributed by atoms with E-state index in [0.717, 1.165) is 11.6 Å². The van der Waals surface area contributed by atoms with E-state index in [1.165, 1.54) is 0 Å². The second kappa shape index (κ2) is 9.85. The van der Waals surface area contributed by atoms with Gasteiger partial charge in [-0.1, -0.05) is 41.0 Å². The van der Waals surface area contributed by atoms with E-state index in [-0.39, 0.29) is 11.8 Å². The molecule has 0 aromatic heterocycles. The minimum atomic E-state index is -5.06. The Kier molecular flexibility index (Phi) is 7.61. The van der Waals surface area contributed by atoms with Crippen molar-refractivity contribution in [3.8, 4) is 0 Å². The van der Waals surface area contributed by atoms with E-state index >= 15 is 0 Å². The summed E-state index contributed by atoms with van der Waals surface area (Å²) in [6, 6.07) is 8.51. The summed E-state index contributed by atoms with van der Waals surface area (Å²) in [7, 11) is 1.80. The van der Waals surface area contributed by atoms with Crippen molar-refractivity contribution < 1.29 is 31.2 Å². The van der Waals surface area contributed by atoms with Crippen molar-refractivity contribution in [2.24, 2.45) is 5.16 Å². The van der Waals surface area contributed by atoms with E-state index in [9.17, 15) is 26.3 Å². The van der Waals surface area contributed by atoms with Gasteiger partial charge in [-0.05, 0) is 55.4 Å². The van der Waals surface area contributed by atoms with Crippen molar-refractivity contribution in [2.75, 3.05) is 7.05 Å². The first-order valence-corrected chi connectivity index (χ1v) is 11.2. The van der Waals surface area contributed by atoms with Gasteiger partial charge in [0.1, 0.15) is 0 Å². The number of nitrogens with one attached hydrogen (secondary N) is 1. The van der Waals surface area contributed by atoms with Crippen LogP contribution in [0.3, 0.4) is 0 Å². The molecule has 0 aliphatic carbocycles. The molecule has 1 N–H and O–H groups in total. The maximum atomic E-state index is 14.2. The van der Waals surface area contributed by atoms with E-state index in [1.54, 1.807) is 31.3 Å². The lowest BCUT2D eigenvalue weighted by Crippen LogP contribution is -2.43. The Bertz CT molecular complexity index is 1120. The molecule has 1 aliphatic rings. The van der Waals surface area contributed by atoms with Crippen molar-refractivity contribution >= 4 is 34.6 Å². The van der Waals surface area contributed by atoms with Crippen LogP contribution < -0.4 is 5.32 Å². The fourth-order valence-corrected chi connectivity index (χ4v) is 4.09. The molecule has 0 fully saturated rings. The highest BCUT2D eigenvalue weighted by atomic mass is 35.5. The van der Waals surface area contributed by atoms with Crippen LogP contribution in [-0.4, -0.2) is 35.0 Å². The van der Waals surface area contributed by atoms with Gasteiger partial charge >= 0.3 is 12.4 Å². The molecule has 0 saturated carbocycles. The maximum Gasteiger partial charge on any atom is 0.435 e. The van der Waals surface area contributed by atoms with Crippen molar-refractivity contribution in [1.82, 2.24) is 10.2 Å². The Labute approximate surface area is 208 Å². The lowest BCUT2D eigenvalue weighted by atomic mass is 9.85. The largest absolute Gasteiger partial charge is 0.435 e. The zero-order valence-corrected chi connectivity index (χ0v) is 20.5. The first-order valence-electron chi connectivity index (χ1n) is 10.4. The second-order valence-corrected chi connectivity index (χ2v) is 9.34. The average Bonchev–Trinajstić information content (AvgIpc) is 3.20. The summed E-state index contributed by atoms with van der Waals surface area (Å²) in [5.74, 6) is 0. The highest BCUT2D eigenvalue weighted by Crippen LogP contribution is 2.50. The lowest BCUT2D eigenvalue weighted by Gasteiger charge is -2.30. The number of alkyl halides is 6. The molecular formula is C23H22ClF6N3OS. The predicted molar refractivity (Wildman–Crippen MR) is 125 cm³/mol. The molecule has 4 nitrogen and oxygen atoms in total. The van der Waals surface area contributed by atoms with Crippen LogP contribution in [0.1, 0.15) is 42.5 Å². The van der Waals surface area contributed by atoms with E-state index in [2.05, 4.69) is 10.5 Å². The van der Waals surface area contributed by atoms with E-state index in [4.69, 9.17) is 28.7 Å². The van der Waals surface area contributed by atoms with Gasteiger partial charge in [0, 0.05) is 36.6 Å². The smallest absolute Gasteiger partial charge is 0.374 e. The molecule has 1 unspecified atom stereocenters. The third kappa shape index (κ3) is 6.00. The minimum Gasteiger partial charge on any atom is -0.374 e. The quantitative estimate of drug-likeness (QED) is 0.342. The molecule has 0 bridgehead atoms. The number of benzene rings is 2. The summed E-state index contributed by atoms with van der Waals surface area (Å²) in [6.07, 6.45) is -10.8. The van der Waals surface area contributed by atoms with E-state index < -0.39 is 40.5 Å². The summed E-state index contributed by atoms with van der Waals surface area (Å²) in [4.78, 5) is 6.66. The maximum absolute atomic E-state index is 14.2. The average molecular weight is 538 g/mol. The van der Waals surface area contributed by atoms with Gasteiger partial charge in [0.15, 0.2) is 5.11 Å². The summed E-state index contributed by atoms with van der Waals surface area (Å²) in [5.41, 5.74) is -4.03. The fraction of sp³-hybridized carbons (Fsp3) is 0.391. The van der Waals surface area contributed by atoms with Crippen LogP contribution >= 0.6 is 23.8 Å². The molecule has 0 saturated heterocycles. The Morgan fingerprint density at radius 1 is 1.14 bits per heavy atom.